The van der Waals surface area contributed by atoms with Crippen molar-refractivity contribution in [3.05, 3.63) is 65.2 Å². The van der Waals surface area contributed by atoms with Crippen LogP contribution >= 0.6 is 15.9 Å². The highest BCUT2D eigenvalue weighted by molar-refractivity contribution is 9.10. The van der Waals surface area contributed by atoms with Crippen LogP contribution in [0, 0.1) is 0 Å². The second-order valence-electron chi connectivity index (χ2n) is 4.34. The molecule has 21 heavy (non-hydrogen) atoms. The molecule has 4 nitrogen and oxygen atoms in total. The summed E-state index contributed by atoms with van der Waals surface area (Å²) in [4.78, 5) is 16.2. The fourth-order valence-electron chi connectivity index (χ4n) is 1.96. The molecule has 0 fully saturated rings. The van der Waals surface area contributed by atoms with Gasteiger partial charge in [0.05, 0.1) is 11.2 Å². The van der Waals surface area contributed by atoms with Crippen molar-refractivity contribution in [3.8, 4) is 0 Å². The molecule has 0 saturated heterocycles. The molecule has 5 heteroatoms. The number of aromatic nitrogens is 1. The number of carbonyl (C=O) groups excluding carboxylic acids is 1. The predicted molar refractivity (Wildman–Crippen MR) is 85.8 cm³/mol. The minimum absolute atomic E-state index is 0.223. The van der Waals surface area contributed by atoms with E-state index in [4.69, 9.17) is 4.42 Å². The average molecular weight is 343 g/mol. The minimum atomic E-state index is -0.223. The Bertz CT molecular complexity index is 819. The van der Waals surface area contributed by atoms with E-state index in [-0.39, 0.29) is 5.91 Å². The molecule has 0 spiro atoms. The van der Waals surface area contributed by atoms with Crippen LogP contribution in [0.15, 0.2) is 63.8 Å². The van der Waals surface area contributed by atoms with Gasteiger partial charge in [0, 0.05) is 17.7 Å². The number of carbonyl (C=O) groups is 1. The molecule has 3 aromatic rings. The summed E-state index contributed by atoms with van der Waals surface area (Å²) in [5.74, 6) is 0.385. The van der Waals surface area contributed by atoms with Crippen molar-refractivity contribution in [1.82, 2.24) is 4.98 Å². The number of anilines is 1. The Morgan fingerprint density at radius 2 is 2.10 bits per heavy atom. The Morgan fingerprint density at radius 3 is 2.90 bits per heavy atom. The maximum absolute atomic E-state index is 12.0. The topological polar surface area (TPSA) is 55.1 Å². The molecule has 0 aliphatic carbocycles. The molecular weight excluding hydrogens is 332 g/mol. The van der Waals surface area contributed by atoms with Crippen molar-refractivity contribution in [2.45, 2.75) is 0 Å². The number of fused-ring (bicyclic) bond motifs is 1. The molecule has 0 aliphatic heterocycles. The quantitative estimate of drug-likeness (QED) is 0.724. The van der Waals surface area contributed by atoms with Crippen molar-refractivity contribution in [1.29, 1.82) is 0 Å². The lowest BCUT2D eigenvalue weighted by atomic mass is 10.2. The van der Waals surface area contributed by atoms with E-state index >= 15 is 0 Å². The first-order chi connectivity index (χ1) is 10.2. The average Bonchev–Trinajstić information content (AvgIpc) is 2.91. The summed E-state index contributed by atoms with van der Waals surface area (Å²) < 4.78 is 5.92. The zero-order chi connectivity index (χ0) is 14.7. The van der Waals surface area contributed by atoms with Crippen LogP contribution in [0.2, 0.25) is 0 Å². The van der Waals surface area contributed by atoms with E-state index in [0.29, 0.717) is 10.4 Å². The van der Waals surface area contributed by atoms with Gasteiger partial charge >= 0.3 is 0 Å². The predicted octanol–water partition coefficient (Wildman–Crippen LogP) is 4.24. The standard InChI is InChI=1S/C16H11BrN2O2/c17-15-8-6-11(21-15)7-9-16(20)19-14-5-1-4-13-12(14)3-2-10-18-13/h1-10H,(H,19,20). The molecule has 0 aliphatic rings. The van der Waals surface area contributed by atoms with E-state index < -0.39 is 0 Å². The fraction of sp³-hybridized carbons (Fsp3) is 0. The molecule has 2 heterocycles. The minimum Gasteiger partial charge on any atom is -0.450 e. The molecule has 104 valence electrons. The molecule has 3 rings (SSSR count). The summed E-state index contributed by atoms with van der Waals surface area (Å²) in [5, 5.41) is 3.75. The van der Waals surface area contributed by atoms with Crippen LogP contribution in [0.3, 0.4) is 0 Å². The number of halogens is 1. The van der Waals surface area contributed by atoms with Gasteiger partial charge in [-0.15, -0.1) is 0 Å². The van der Waals surface area contributed by atoms with Gasteiger partial charge in [0.25, 0.3) is 0 Å². The fourth-order valence-corrected chi connectivity index (χ4v) is 2.28. The summed E-state index contributed by atoms with van der Waals surface area (Å²) in [5.41, 5.74) is 1.57. The molecule has 0 unspecified atom stereocenters. The molecule has 0 radical (unpaired) electrons. The third-order valence-corrected chi connectivity index (χ3v) is 3.32. The number of nitrogens with one attached hydrogen (secondary N) is 1. The summed E-state index contributed by atoms with van der Waals surface area (Å²) in [6.07, 6.45) is 4.77. The van der Waals surface area contributed by atoms with E-state index in [1.807, 2.05) is 30.3 Å². The number of pyridine rings is 1. The number of hydrogen-bond donors (Lipinski definition) is 1. The van der Waals surface area contributed by atoms with E-state index in [9.17, 15) is 4.79 Å². The van der Waals surface area contributed by atoms with Gasteiger partial charge in [-0.05, 0) is 58.4 Å². The molecule has 1 aromatic carbocycles. The lowest BCUT2D eigenvalue weighted by Crippen LogP contribution is -2.08. The number of amides is 1. The van der Waals surface area contributed by atoms with Gasteiger partial charge in [0.2, 0.25) is 5.91 Å². The number of rotatable bonds is 3. The van der Waals surface area contributed by atoms with E-state index in [2.05, 4.69) is 26.2 Å². The third kappa shape index (κ3) is 3.20. The Kier molecular flexibility index (Phi) is 3.83. The second-order valence-corrected chi connectivity index (χ2v) is 5.12. The maximum Gasteiger partial charge on any atom is 0.248 e. The maximum atomic E-state index is 12.0. The Hall–Kier alpha value is -2.40. The van der Waals surface area contributed by atoms with Crippen LogP contribution in [-0.2, 0) is 4.79 Å². The van der Waals surface area contributed by atoms with E-state index in [1.165, 1.54) is 6.08 Å². The van der Waals surface area contributed by atoms with Gasteiger partial charge in [0.15, 0.2) is 4.67 Å². The third-order valence-electron chi connectivity index (χ3n) is 2.90. The van der Waals surface area contributed by atoms with E-state index in [1.54, 1.807) is 24.4 Å². The van der Waals surface area contributed by atoms with Gasteiger partial charge in [-0.1, -0.05) is 6.07 Å². The largest absolute Gasteiger partial charge is 0.450 e. The van der Waals surface area contributed by atoms with Crippen LogP contribution < -0.4 is 5.32 Å². The number of nitrogens with zero attached hydrogens (tertiary/aromatic N) is 1. The lowest BCUT2D eigenvalue weighted by molar-refractivity contribution is -0.111. The first kappa shape index (κ1) is 13.6. The highest BCUT2D eigenvalue weighted by Gasteiger charge is 2.04. The Morgan fingerprint density at radius 1 is 1.19 bits per heavy atom. The smallest absolute Gasteiger partial charge is 0.248 e. The number of benzene rings is 1. The van der Waals surface area contributed by atoms with E-state index in [0.717, 1.165) is 16.6 Å². The zero-order valence-corrected chi connectivity index (χ0v) is 12.5. The molecule has 0 saturated carbocycles. The van der Waals surface area contributed by atoms with Gasteiger partial charge < -0.3 is 9.73 Å². The highest BCUT2D eigenvalue weighted by atomic mass is 79.9. The molecule has 2 aromatic heterocycles. The second kappa shape index (κ2) is 5.93. The van der Waals surface area contributed by atoms with Crippen molar-refractivity contribution < 1.29 is 9.21 Å². The van der Waals surface area contributed by atoms with Crippen molar-refractivity contribution in [3.63, 3.8) is 0 Å². The molecule has 1 N–H and O–H groups in total. The normalized spacial score (nSPS) is 11.1. The molecular formula is C16H11BrN2O2. The van der Waals surface area contributed by atoms with Crippen LogP contribution in [0.1, 0.15) is 5.76 Å². The first-order valence-electron chi connectivity index (χ1n) is 6.30. The van der Waals surface area contributed by atoms with Crippen LogP contribution in [-0.4, -0.2) is 10.9 Å². The van der Waals surface area contributed by atoms with Gasteiger partial charge in [0.1, 0.15) is 5.76 Å². The number of hydrogen-bond acceptors (Lipinski definition) is 3. The van der Waals surface area contributed by atoms with Gasteiger partial charge in [-0.25, -0.2) is 0 Å². The highest BCUT2D eigenvalue weighted by Crippen LogP contribution is 2.21. The van der Waals surface area contributed by atoms with Crippen molar-refractivity contribution in [2.75, 3.05) is 5.32 Å². The first-order valence-corrected chi connectivity index (χ1v) is 7.10. The van der Waals surface area contributed by atoms with Crippen molar-refractivity contribution >= 4 is 44.5 Å². The van der Waals surface area contributed by atoms with Gasteiger partial charge in [-0.2, -0.15) is 0 Å². The van der Waals surface area contributed by atoms with Crippen molar-refractivity contribution in [2.24, 2.45) is 0 Å². The summed E-state index contributed by atoms with van der Waals surface area (Å²) >= 11 is 3.21. The monoisotopic (exact) mass is 342 g/mol. The Labute approximate surface area is 129 Å². The summed E-state index contributed by atoms with van der Waals surface area (Å²) in [6, 6.07) is 12.9. The lowest BCUT2D eigenvalue weighted by Gasteiger charge is -2.05. The Balaban J connectivity index is 1.79. The molecule has 1 amide bonds. The SMILES string of the molecule is O=C(C=Cc1ccc(Br)o1)Nc1cccc2ncccc12. The molecule has 0 bridgehead atoms. The summed E-state index contributed by atoms with van der Waals surface area (Å²) in [6.45, 7) is 0. The summed E-state index contributed by atoms with van der Waals surface area (Å²) in [7, 11) is 0. The van der Waals surface area contributed by atoms with Gasteiger partial charge in [-0.3, -0.25) is 9.78 Å². The van der Waals surface area contributed by atoms with Crippen LogP contribution in [0.25, 0.3) is 17.0 Å². The van der Waals surface area contributed by atoms with Crippen LogP contribution in [0.5, 0.6) is 0 Å². The number of furan rings is 1. The van der Waals surface area contributed by atoms with Crippen LogP contribution in [0.4, 0.5) is 5.69 Å². The zero-order valence-electron chi connectivity index (χ0n) is 10.9. The molecule has 0 atom stereocenters.